The molecule has 4 nitrogen and oxygen atoms in total. The Morgan fingerprint density at radius 1 is 0.293 bits per heavy atom. The Balaban J connectivity index is 1.03. The molecule has 0 bridgehead atoms. The van der Waals surface area contributed by atoms with Gasteiger partial charge in [0.2, 0.25) is 0 Å². The molecule has 0 amide bonds. The van der Waals surface area contributed by atoms with Crippen LogP contribution in [0, 0.1) is 0 Å². The lowest BCUT2D eigenvalue weighted by Gasteiger charge is -2.12. The molecule has 4 aromatic heterocycles. The van der Waals surface area contributed by atoms with E-state index in [1.54, 1.807) is 0 Å². The first-order valence-corrected chi connectivity index (χ1v) is 19.8. The van der Waals surface area contributed by atoms with Crippen LogP contribution >= 0.6 is 0 Å². The molecule has 0 atom stereocenters. The summed E-state index contributed by atoms with van der Waals surface area (Å²) < 4.78 is 18.5. The molecular formula is C54H32N2O2. The summed E-state index contributed by atoms with van der Waals surface area (Å²) in [5.74, 6) is 0. The lowest BCUT2D eigenvalue weighted by molar-refractivity contribution is 0.667. The highest BCUT2D eigenvalue weighted by atomic mass is 16.3. The van der Waals surface area contributed by atoms with Crippen molar-refractivity contribution in [1.29, 1.82) is 0 Å². The van der Waals surface area contributed by atoms with Crippen LogP contribution in [-0.4, -0.2) is 9.13 Å². The Labute approximate surface area is 332 Å². The van der Waals surface area contributed by atoms with Crippen molar-refractivity contribution in [3.63, 3.8) is 0 Å². The number of nitrogens with zero attached hydrogens (tertiary/aromatic N) is 2. The van der Waals surface area contributed by atoms with E-state index in [2.05, 4.69) is 197 Å². The summed E-state index contributed by atoms with van der Waals surface area (Å²) >= 11 is 0. The van der Waals surface area contributed by atoms with Crippen LogP contribution in [0.5, 0.6) is 0 Å². The van der Waals surface area contributed by atoms with E-state index in [-0.39, 0.29) is 0 Å². The van der Waals surface area contributed by atoms with Crippen LogP contribution < -0.4 is 0 Å². The SMILES string of the molecule is c1cc(-c2cc(-n3c4ccccc4c4ccccc43)cc3c2oc2ccccc23)cc(-c2cccc3c2oc2c(-n4c5ccccc5c5ccccc54)cccc23)c1. The van der Waals surface area contributed by atoms with Gasteiger partial charge >= 0.3 is 0 Å². The normalized spacial score (nSPS) is 12.1. The lowest BCUT2D eigenvalue weighted by Crippen LogP contribution is -1.95. The standard InChI is InChI=1S/C54H32N2O2/c1-6-24-46-37(16-1)38-17-2-7-25-47(38)55(46)35-31-44(53-45(32-35)41-20-5-10-29-51(41)57-53)34-15-11-14-33(30-34)36-21-12-22-42-43-23-13-28-50(54(43)58-52(36)42)56-48-26-8-3-18-39(48)40-19-4-9-27-49(40)56/h1-32H. The zero-order valence-corrected chi connectivity index (χ0v) is 31.2. The smallest absolute Gasteiger partial charge is 0.159 e. The average Bonchev–Trinajstić information content (AvgIpc) is 4.04. The van der Waals surface area contributed by atoms with Crippen molar-refractivity contribution >= 4 is 87.5 Å². The minimum atomic E-state index is 0.871. The molecule has 270 valence electrons. The highest BCUT2D eigenvalue weighted by Gasteiger charge is 2.21. The molecule has 58 heavy (non-hydrogen) atoms. The minimum absolute atomic E-state index is 0.871. The maximum atomic E-state index is 7.05. The molecule has 0 unspecified atom stereocenters. The van der Waals surface area contributed by atoms with Gasteiger partial charge in [0, 0.05) is 59.9 Å². The first-order valence-electron chi connectivity index (χ1n) is 19.8. The maximum absolute atomic E-state index is 7.05. The minimum Gasteiger partial charge on any atom is -0.455 e. The molecule has 0 fully saturated rings. The van der Waals surface area contributed by atoms with E-state index in [9.17, 15) is 0 Å². The second-order valence-electron chi connectivity index (χ2n) is 15.2. The molecule has 13 rings (SSSR count). The van der Waals surface area contributed by atoms with Crippen LogP contribution in [0.15, 0.2) is 203 Å². The van der Waals surface area contributed by atoms with Crippen molar-refractivity contribution in [3.8, 4) is 33.6 Å². The Kier molecular flexibility index (Phi) is 6.41. The highest BCUT2D eigenvalue weighted by Crippen LogP contribution is 2.44. The summed E-state index contributed by atoms with van der Waals surface area (Å²) in [4.78, 5) is 0. The van der Waals surface area contributed by atoms with Crippen LogP contribution in [0.4, 0.5) is 0 Å². The average molecular weight is 741 g/mol. The molecule has 0 aliphatic rings. The van der Waals surface area contributed by atoms with Crippen molar-refractivity contribution in [2.75, 3.05) is 0 Å². The lowest BCUT2D eigenvalue weighted by atomic mass is 9.96. The number of aromatic nitrogens is 2. The molecule has 0 saturated heterocycles. The monoisotopic (exact) mass is 740 g/mol. The van der Waals surface area contributed by atoms with Crippen molar-refractivity contribution in [1.82, 2.24) is 9.13 Å². The van der Waals surface area contributed by atoms with Gasteiger partial charge in [-0.15, -0.1) is 0 Å². The molecule has 4 heteroatoms. The molecule has 9 aromatic carbocycles. The summed E-state index contributed by atoms with van der Waals surface area (Å²) in [6.07, 6.45) is 0. The fraction of sp³-hybridized carbons (Fsp3) is 0. The van der Waals surface area contributed by atoms with E-state index < -0.39 is 0 Å². The Morgan fingerprint density at radius 2 is 0.776 bits per heavy atom. The van der Waals surface area contributed by atoms with E-state index in [0.717, 1.165) is 88.5 Å². The van der Waals surface area contributed by atoms with Crippen molar-refractivity contribution < 1.29 is 8.83 Å². The van der Waals surface area contributed by atoms with Crippen molar-refractivity contribution in [3.05, 3.63) is 194 Å². The summed E-state index contributed by atoms with van der Waals surface area (Å²) in [6, 6.07) is 69.4. The highest BCUT2D eigenvalue weighted by molar-refractivity contribution is 6.16. The Bertz CT molecular complexity index is 3710. The molecule has 0 radical (unpaired) electrons. The Morgan fingerprint density at radius 3 is 1.43 bits per heavy atom. The number of hydrogen-bond acceptors (Lipinski definition) is 2. The molecule has 0 aliphatic carbocycles. The third-order valence-corrected chi connectivity index (χ3v) is 12.1. The number of furan rings is 2. The first-order chi connectivity index (χ1) is 28.8. The molecule has 13 aromatic rings. The summed E-state index contributed by atoms with van der Waals surface area (Å²) in [6.45, 7) is 0. The van der Waals surface area contributed by atoms with Gasteiger partial charge in [0.1, 0.15) is 16.7 Å². The van der Waals surface area contributed by atoms with Crippen LogP contribution in [0.1, 0.15) is 0 Å². The van der Waals surface area contributed by atoms with Gasteiger partial charge in [-0.25, -0.2) is 0 Å². The fourth-order valence-corrected chi connectivity index (χ4v) is 9.60. The fourth-order valence-electron chi connectivity index (χ4n) is 9.60. The molecular weight excluding hydrogens is 709 g/mol. The number of hydrogen-bond donors (Lipinski definition) is 0. The first kappa shape index (κ1) is 31.4. The predicted octanol–water partition coefficient (Wildman–Crippen LogP) is 15.0. The van der Waals surface area contributed by atoms with Crippen molar-refractivity contribution in [2.45, 2.75) is 0 Å². The zero-order valence-electron chi connectivity index (χ0n) is 31.2. The number of benzene rings is 9. The van der Waals surface area contributed by atoms with Gasteiger partial charge in [-0.05, 0) is 65.7 Å². The summed E-state index contributed by atoms with van der Waals surface area (Å²) in [7, 11) is 0. The summed E-state index contributed by atoms with van der Waals surface area (Å²) in [5, 5.41) is 9.30. The van der Waals surface area contributed by atoms with E-state index in [0.29, 0.717) is 0 Å². The predicted molar refractivity (Wildman–Crippen MR) is 241 cm³/mol. The van der Waals surface area contributed by atoms with E-state index in [1.807, 2.05) is 6.07 Å². The number of para-hydroxylation sites is 7. The van der Waals surface area contributed by atoms with Gasteiger partial charge < -0.3 is 18.0 Å². The van der Waals surface area contributed by atoms with Crippen LogP contribution in [0.25, 0.3) is 121 Å². The molecule has 0 aliphatic heterocycles. The maximum Gasteiger partial charge on any atom is 0.159 e. The second kappa shape index (κ2) is 11.8. The Hall–Kier alpha value is -7.82. The summed E-state index contributed by atoms with van der Waals surface area (Å²) in [5.41, 5.74) is 14.5. The van der Waals surface area contributed by atoms with E-state index in [4.69, 9.17) is 8.83 Å². The number of rotatable bonds is 4. The van der Waals surface area contributed by atoms with Crippen LogP contribution in [0.3, 0.4) is 0 Å². The second-order valence-corrected chi connectivity index (χ2v) is 15.2. The van der Waals surface area contributed by atoms with E-state index in [1.165, 1.54) is 32.6 Å². The molecule has 4 heterocycles. The molecule has 0 N–H and O–H groups in total. The zero-order chi connectivity index (χ0) is 37.9. The quantitative estimate of drug-likeness (QED) is 0.180. The van der Waals surface area contributed by atoms with Gasteiger partial charge in [0.15, 0.2) is 5.58 Å². The largest absolute Gasteiger partial charge is 0.455 e. The van der Waals surface area contributed by atoms with Gasteiger partial charge in [-0.1, -0.05) is 140 Å². The number of fused-ring (bicyclic) bond motifs is 12. The van der Waals surface area contributed by atoms with Crippen LogP contribution in [-0.2, 0) is 0 Å². The van der Waals surface area contributed by atoms with Gasteiger partial charge in [0.05, 0.1) is 27.8 Å². The van der Waals surface area contributed by atoms with Gasteiger partial charge in [-0.3, -0.25) is 0 Å². The van der Waals surface area contributed by atoms with Crippen molar-refractivity contribution in [2.24, 2.45) is 0 Å². The molecule has 0 spiro atoms. The topological polar surface area (TPSA) is 36.1 Å². The van der Waals surface area contributed by atoms with Crippen LogP contribution in [0.2, 0.25) is 0 Å². The van der Waals surface area contributed by atoms with Gasteiger partial charge in [0.25, 0.3) is 0 Å². The third-order valence-electron chi connectivity index (χ3n) is 12.1. The third kappa shape index (κ3) is 4.34. The van der Waals surface area contributed by atoms with E-state index >= 15 is 0 Å². The van der Waals surface area contributed by atoms with Gasteiger partial charge in [-0.2, -0.15) is 0 Å². The molecule has 0 saturated carbocycles.